The van der Waals surface area contributed by atoms with Crippen LogP contribution in [0.2, 0.25) is 0 Å². The van der Waals surface area contributed by atoms with E-state index in [2.05, 4.69) is 37.0 Å². The molecule has 5 nitrogen and oxygen atoms in total. The van der Waals surface area contributed by atoms with Crippen molar-refractivity contribution < 1.29 is 22.7 Å². The van der Waals surface area contributed by atoms with E-state index in [4.69, 9.17) is 0 Å². The summed E-state index contributed by atoms with van der Waals surface area (Å²) in [6.07, 6.45) is -2.94. The van der Waals surface area contributed by atoms with E-state index in [0.717, 1.165) is 6.07 Å². The highest BCUT2D eigenvalue weighted by Crippen LogP contribution is 2.29. The first-order valence-corrected chi connectivity index (χ1v) is 8.13. The van der Waals surface area contributed by atoms with Gasteiger partial charge >= 0.3 is 6.18 Å². The number of rotatable bonds is 5. The molecule has 0 fully saturated rings. The van der Waals surface area contributed by atoms with Gasteiger partial charge in [0.1, 0.15) is 17.0 Å². The molecule has 9 heteroatoms. The van der Waals surface area contributed by atoms with Crippen LogP contribution in [0, 0.1) is 16.7 Å². The first kappa shape index (κ1) is 21.2. The third kappa shape index (κ3) is 7.30. The van der Waals surface area contributed by atoms with Gasteiger partial charge in [0.25, 0.3) is 5.91 Å². The van der Waals surface area contributed by atoms with Gasteiger partial charge in [0.15, 0.2) is 6.61 Å². The second-order valence-electron chi connectivity index (χ2n) is 7.04. The summed E-state index contributed by atoms with van der Waals surface area (Å²) < 4.78 is 41.7. The normalized spacial score (nSPS) is 14.4. The number of nitriles is 1. The monoisotopic (exact) mass is 421 g/mol. The highest BCUT2D eigenvalue weighted by Gasteiger charge is 2.33. The Balaban J connectivity index is 2.97. The minimum absolute atomic E-state index is 0.143. The van der Waals surface area contributed by atoms with Crippen LogP contribution in [0.25, 0.3) is 0 Å². The van der Waals surface area contributed by atoms with E-state index < -0.39 is 24.2 Å². The second kappa shape index (κ2) is 7.60. The molecule has 0 saturated heterocycles. The smallest absolute Gasteiger partial charge is 0.422 e. The van der Waals surface area contributed by atoms with Crippen LogP contribution in [0.15, 0.2) is 16.7 Å². The number of nitrogens with zero attached hydrogens (tertiary/aromatic N) is 2. The van der Waals surface area contributed by atoms with E-state index >= 15 is 0 Å². The Morgan fingerprint density at radius 1 is 1.36 bits per heavy atom. The van der Waals surface area contributed by atoms with Crippen molar-refractivity contribution in [1.82, 2.24) is 10.3 Å². The number of hydrogen-bond donors (Lipinski definition) is 1. The molecule has 25 heavy (non-hydrogen) atoms. The molecular formula is C16H19BrF3N3O2. The van der Waals surface area contributed by atoms with Gasteiger partial charge in [0.2, 0.25) is 0 Å². The summed E-state index contributed by atoms with van der Waals surface area (Å²) in [5.41, 5.74) is -1.50. The average molecular weight is 422 g/mol. The number of alkyl halides is 3. The van der Waals surface area contributed by atoms with Crippen molar-refractivity contribution in [3.63, 3.8) is 0 Å². The number of nitrogens with one attached hydrogen (secondary N) is 1. The lowest BCUT2D eigenvalue weighted by Gasteiger charge is -2.30. The molecule has 138 valence electrons. The number of hydrogen-bond acceptors (Lipinski definition) is 4. The Labute approximate surface area is 152 Å². The minimum Gasteiger partial charge on any atom is -0.483 e. The van der Waals surface area contributed by atoms with Crippen molar-refractivity contribution in [2.75, 3.05) is 6.61 Å². The molecule has 1 rings (SSSR count). The van der Waals surface area contributed by atoms with Crippen molar-refractivity contribution in [1.29, 1.82) is 5.26 Å². The standard InChI is InChI=1S/C16H19BrF3N3O2/c1-14(2,3)7-15(4,8-21)23-13(24)11-5-12(10(17)6-22-11)25-9-16(18,19)20/h5-6H,7,9H2,1-4H3,(H,23,24). The molecule has 1 aromatic heterocycles. The molecule has 0 spiro atoms. The first-order valence-electron chi connectivity index (χ1n) is 7.33. The highest BCUT2D eigenvalue weighted by molar-refractivity contribution is 9.10. The van der Waals surface area contributed by atoms with Gasteiger partial charge in [0.05, 0.1) is 10.5 Å². The maximum absolute atomic E-state index is 12.4. The zero-order valence-corrected chi connectivity index (χ0v) is 15.9. The predicted octanol–water partition coefficient (Wildman–Crippen LogP) is 4.23. The number of carbonyl (C=O) groups excluding carboxylic acids is 1. The Morgan fingerprint density at radius 3 is 2.44 bits per heavy atom. The lowest BCUT2D eigenvalue weighted by molar-refractivity contribution is -0.153. The molecule has 1 amide bonds. The van der Waals surface area contributed by atoms with E-state index in [1.807, 2.05) is 20.8 Å². The summed E-state index contributed by atoms with van der Waals surface area (Å²) >= 11 is 3.02. The largest absolute Gasteiger partial charge is 0.483 e. The van der Waals surface area contributed by atoms with Gasteiger partial charge in [0, 0.05) is 12.3 Å². The second-order valence-corrected chi connectivity index (χ2v) is 7.89. The van der Waals surface area contributed by atoms with Crippen LogP contribution in [-0.2, 0) is 0 Å². The quantitative estimate of drug-likeness (QED) is 0.771. The molecule has 0 bridgehead atoms. The lowest BCUT2D eigenvalue weighted by atomic mass is 9.81. The summed E-state index contributed by atoms with van der Waals surface area (Å²) in [5.74, 6) is -0.829. The predicted molar refractivity (Wildman–Crippen MR) is 89.0 cm³/mol. The number of halogens is 4. The SMILES string of the molecule is CC(C)(C)CC(C)(C#N)NC(=O)c1cc(OCC(F)(F)F)c(Br)cn1. The topological polar surface area (TPSA) is 75.0 Å². The zero-order valence-electron chi connectivity index (χ0n) is 14.3. The third-order valence-corrected chi connectivity index (χ3v) is 3.56. The van der Waals surface area contributed by atoms with Gasteiger partial charge in [-0.2, -0.15) is 18.4 Å². The van der Waals surface area contributed by atoms with Gasteiger partial charge in [-0.05, 0) is 34.7 Å². The maximum atomic E-state index is 12.4. The van der Waals surface area contributed by atoms with E-state index in [1.54, 1.807) is 6.92 Å². The summed E-state index contributed by atoms with van der Waals surface area (Å²) in [6.45, 7) is 5.87. The van der Waals surface area contributed by atoms with Crippen molar-refractivity contribution in [2.24, 2.45) is 5.41 Å². The van der Waals surface area contributed by atoms with Crippen molar-refractivity contribution >= 4 is 21.8 Å². The Kier molecular flexibility index (Phi) is 6.45. The summed E-state index contributed by atoms with van der Waals surface area (Å²) in [4.78, 5) is 16.2. The number of aromatic nitrogens is 1. The molecule has 0 radical (unpaired) electrons. The van der Waals surface area contributed by atoms with Gasteiger partial charge in [-0.3, -0.25) is 4.79 Å². The van der Waals surface area contributed by atoms with E-state index in [1.165, 1.54) is 6.20 Å². The molecule has 1 unspecified atom stereocenters. The van der Waals surface area contributed by atoms with E-state index in [9.17, 15) is 23.2 Å². The molecule has 0 aliphatic heterocycles. The third-order valence-electron chi connectivity index (χ3n) is 2.96. The Bertz CT molecular complexity index is 681. The summed E-state index contributed by atoms with van der Waals surface area (Å²) in [7, 11) is 0. The summed E-state index contributed by atoms with van der Waals surface area (Å²) in [6, 6.07) is 3.15. The molecule has 1 heterocycles. The van der Waals surface area contributed by atoms with Crippen molar-refractivity contribution in [3.8, 4) is 11.8 Å². The Morgan fingerprint density at radius 2 is 1.96 bits per heavy atom. The average Bonchev–Trinajstić information content (AvgIpc) is 2.43. The molecule has 0 saturated carbocycles. The highest BCUT2D eigenvalue weighted by atomic mass is 79.9. The molecular weight excluding hydrogens is 403 g/mol. The van der Waals surface area contributed by atoms with E-state index in [0.29, 0.717) is 6.42 Å². The molecule has 0 aromatic carbocycles. The fourth-order valence-corrected chi connectivity index (χ4v) is 2.63. The van der Waals surface area contributed by atoms with Crippen LogP contribution < -0.4 is 10.1 Å². The van der Waals surface area contributed by atoms with Crippen LogP contribution in [0.4, 0.5) is 13.2 Å². The van der Waals surface area contributed by atoms with Gasteiger partial charge < -0.3 is 10.1 Å². The molecule has 1 atom stereocenters. The van der Waals surface area contributed by atoms with Gasteiger partial charge in [-0.1, -0.05) is 20.8 Å². The van der Waals surface area contributed by atoms with Crippen molar-refractivity contribution in [3.05, 3.63) is 22.4 Å². The number of pyridine rings is 1. The van der Waals surface area contributed by atoms with E-state index in [-0.39, 0.29) is 21.3 Å². The molecule has 1 N–H and O–H groups in total. The van der Waals surface area contributed by atoms with Crippen LogP contribution in [-0.4, -0.2) is 29.2 Å². The first-order chi connectivity index (χ1) is 11.2. The number of amides is 1. The number of carbonyl (C=O) groups is 1. The molecule has 1 aromatic rings. The number of ether oxygens (including phenoxy) is 1. The van der Waals surface area contributed by atoms with Crippen molar-refractivity contribution in [2.45, 2.75) is 45.8 Å². The van der Waals surface area contributed by atoms with Crippen LogP contribution >= 0.6 is 15.9 Å². The Hall–Kier alpha value is -1.82. The lowest BCUT2D eigenvalue weighted by Crippen LogP contribution is -2.47. The van der Waals surface area contributed by atoms with Crippen LogP contribution in [0.5, 0.6) is 5.75 Å². The van der Waals surface area contributed by atoms with Gasteiger partial charge in [-0.15, -0.1) is 0 Å². The van der Waals surface area contributed by atoms with Gasteiger partial charge in [-0.25, -0.2) is 4.98 Å². The zero-order chi connectivity index (χ0) is 19.5. The summed E-state index contributed by atoms with van der Waals surface area (Å²) in [5, 5.41) is 12.0. The molecule has 0 aliphatic rings. The fraction of sp³-hybridized carbons (Fsp3) is 0.562. The van der Waals surface area contributed by atoms with Crippen LogP contribution in [0.3, 0.4) is 0 Å². The minimum atomic E-state index is -4.50. The maximum Gasteiger partial charge on any atom is 0.422 e. The molecule has 0 aliphatic carbocycles. The van der Waals surface area contributed by atoms with Crippen LogP contribution in [0.1, 0.15) is 44.6 Å². The fourth-order valence-electron chi connectivity index (χ4n) is 2.30.